The summed E-state index contributed by atoms with van der Waals surface area (Å²) >= 11 is 0. The van der Waals surface area contributed by atoms with Gasteiger partial charge < -0.3 is 5.32 Å². The zero-order valence-electron chi connectivity index (χ0n) is 10.9. The van der Waals surface area contributed by atoms with Crippen molar-refractivity contribution in [3.05, 3.63) is 35.9 Å². The normalized spacial score (nSPS) is 13.0. The fourth-order valence-electron chi connectivity index (χ4n) is 1.97. The summed E-state index contributed by atoms with van der Waals surface area (Å²) in [5.41, 5.74) is 1.45. The summed E-state index contributed by atoms with van der Waals surface area (Å²) < 4.78 is 0. The molecule has 0 aliphatic rings. The molecule has 0 fully saturated rings. The minimum Gasteiger partial charge on any atom is -0.314 e. The van der Waals surface area contributed by atoms with E-state index in [2.05, 4.69) is 56.4 Å². The van der Waals surface area contributed by atoms with Gasteiger partial charge in [0.15, 0.2) is 0 Å². The minimum absolute atomic E-state index is 0.653. The lowest BCUT2D eigenvalue weighted by molar-refractivity contribution is 0.378. The molecule has 0 aromatic heterocycles. The van der Waals surface area contributed by atoms with E-state index in [4.69, 9.17) is 0 Å². The van der Waals surface area contributed by atoms with Crippen LogP contribution >= 0.6 is 0 Å². The molecule has 0 bridgehead atoms. The molecule has 1 aromatic carbocycles. The standard InChI is InChI=1S/C15H25N/c1-4-12-16-15(13(2)3)11-10-14-8-6-5-7-9-14/h5-9,13,15-16H,4,10-12H2,1-3H3. The van der Waals surface area contributed by atoms with E-state index in [-0.39, 0.29) is 0 Å². The Morgan fingerprint density at radius 2 is 1.81 bits per heavy atom. The Kier molecular flexibility index (Phi) is 6.17. The molecule has 0 saturated carbocycles. The highest BCUT2D eigenvalue weighted by Gasteiger charge is 2.11. The SMILES string of the molecule is CCCNC(CCc1ccccc1)C(C)C. The molecule has 0 spiro atoms. The highest BCUT2D eigenvalue weighted by molar-refractivity contribution is 5.14. The molecule has 0 aliphatic heterocycles. The van der Waals surface area contributed by atoms with Crippen molar-refractivity contribution >= 4 is 0 Å². The van der Waals surface area contributed by atoms with Crippen molar-refractivity contribution < 1.29 is 0 Å². The average molecular weight is 219 g/mol. The van der Waals surface area contributed by atoms with E-state index in [1.165, 1.54) is 24.8 Å². The molecule has 1 heteroatoms. The van der Waals surface area contributed by atoms with Crippen molar-refractivity contribution in [3.8, 4) is 0 Å². The first-order chi connectivity index (χ1) is 7.74. The van der Waals surface area contributed by atoms with Gasteiger partial charge in [-0.05, 0) is 37.3 Å². The highest BCUT2D eigenvalue weighted by Crippen LogP contribution is 2.11. The van der Waals surface area contributed by atoms with Crippen LogP contribution in [-0.4, -0.2) is 12.6 Å². The first kappa shape index (κ1) is 13.2. The van der Waals surface area contributed by atoms with Crippen molar-refractivity contribution in [2.75, 3.05) is 6.54 Å². The third-order valence-corrected chi connectivity index (χ3v) is 3.05. The monoisotopic (exact) mass is 219 g/mol. The zero-order chi connectivity index (χ0) is 11.8. The van der Waals surface area contributed by atoms with Gasteiger partial charge in [-0.2, -0.15) is 0 Å². The molecule has 1 atom stereocenters. The summed E-state index contributed by atoms with van der Waals surface area (Å²) in [5.74, 6) is 0.718. The molecule has 0 aliphatic carbocycles. The van der Waals surface area contributed by atoms with Crippen molar-refractivity contribution in [1.29, 1.82) is 0 Å². The third-order valence-electron chi connectivity index (χ3n) is 3.05. The fourth-order valence-corrected chi connectivity index (χ4v) is 1.97. The molecule has 1 aromatic rings. The largest absolute Gasteiger partial charge is 0.314 e. The lowest BCUT2D eigenvalue weighted by Gasteiger charge is -2.22. The third kappa shape index (κ3) is 4.80. The Balaban J connectivity index is 2.38. The van der Waals surface area contributed by atoms with Gasteiger partial charge in [0, 0.05) is 6.04 Å². The lowest BCUT2D eigenvalue weighted by Crippen LogP contribution is -2.34. The van der Waals surface area contributed by atoms with Crippen LogP contribution in [0.1, 0.15) is 39.2 Å². The topological polar surface area (TPSA) is 12.0 Å². The molecule has 0 amide bonds. The van der Waals surface area contributed by atoms with Crippen molar-refractivity contribution in [2.45, 2.75) is 46.1 Å². The second-order valence-electron chi connectivity index (χ2n) is 4.83. The molecule has 0 radical (unpaired) electrons. The zero-order valence-corrected chi connectivity index (χ0v) is 10.9. The Morgan fingerprint density at radius 1 is 1.12 bits per heavy atom. The number of rotatable bonds is 7. The van der Waals surface area contributed by atoms with E-state index in [1.807, 2.05) is 0 Å². The predicted molar refractivity (Wildman–Crippen MR) is 71.7 cm³/mol. The predicted octanol–water partition coefficient (Wildman–Crippen LogP) is 3.64. The van der Waals surface area contributed by atoms with E-state index in [0.29, 0.717) is 6.04 Å². The number of hydrogen-bond donors (Lipinski definition) is 1. The molecule has 16 heavy (non-hydrogen) atoms. The van der Waals surface area contributed by atoms with Crippen molar-refractivity contribution in [1.82, 2.24) is 5.32 Å². The maximum atomic E-state index is 3.64. The summed E-state index contributed by atoms with van der Waals surface area (Å²) in [6.45, 7) is 7.97. The molecule has 1 nitrogen and oxygen atoms in total. The van der Waals surface area contributed by atoms with Gasteiger partial charge in [-0.25, -0.2) is 0 Å². The van der Waals surface area contributed by atoms with Gasteiger partial charge in [0.2, 0.25) is 0 Å². The average Bonchev–Trinajstić information content (AvgIpc) is 2.30. The van der Waals surface area contributed by atoms with Crippen molar-refractivity contribution in [3.63, 3.8) is 0 Å². The van der Waals surface area contributed by atoms with Crippen LogP contribution in [0, 0.1) is 5.92 Å². The van der Waals surface area contributed by atoms with Gasteiger partial charge in [0.25, 0.3) is 0 Å². The van der Waals surface area contributed by atoms with Crippen LogP contribution in [0.3, 0.4) is 0 Å². The van der Waals surface area contributed by atoms with Crippen LogP contribution in [-0.2, 0) is 6.42 Å². The van der Waals surface area contributed by atoms with E-state index >= 15 is 0 Å². The van der Waals surface area contributed by atoms with Gasteiger partial charge in [-0.1, -0.05) is 51.1 Å². The first-order valence-corrected chi connectivity index (χ1v) is 6.51. The molecule has 0 saturated heterocycles. The second-order valence-corrected chi connectivity index (χ2v) is 4.83. The van der Waals surface area contributed by atoms with E-state index in [0.717, 1.165) is 12.5 Å². The number of hydrogen-bond acceptors (Lipinski definition) is 1. The Hall–Kier alpha value is -0.820. The van der Waals surface area contributed by atoms with Crippen molar-refractivity contribution in [2.24, 2.45) is 5.92 Å². The Labute approximate surface area is 100 Å². The van der Waals surface area contributed by atoms with Gasteiger partial charge in [-0.15, -0.1) is 0 Å². The minimum atomic E-state index is 0.653. The summed E-state index contributed by atoms with van der Waals surface area (Å²) in [6.07, 6.45) is 3.64. The maximum Gasteiger partial charge on any atom is 0.00932 e. The van der Waals surface area contributed by atoms with Crippen LogP contribution in [0.15, 0.2) is 30.3 Å². The number of nitrogens with one attached hydrogen (secondary N) is 1. The summed E-state index contributed by atoms with van der Waals surface area (Å²) in [6, 6.07) is 11.4. The highest BCUT2D eigenvalue weighted by atomic mass is 14.9. The summed E-state index contributed by atoms with van der Waals surface area (Å²) in [7, 11) is 0. The second kappa shape index (κ2) is 7.45. The van der Waals surface area contributed by atoms with Gasteiger partial charge >= 0.3 is 0 Å². The molecule has 1 N–H and O–H groups in total. The van der Waals surface area contributed by atoms with Gasteiger partial charge in [0.05, 0.1) is 0 Å². The molecule has 1 unspecified atom stereocenters. The first-order valence-electron chi connectivity index (χ1n) is 6.51. The van der Waals surface area contributed by atoms with Crippen LogP contribution in [0.5, 0.6) is 0 Å². The van der Waals surface area contributed by atoms with E-state index in [1.54, 1.807) is 0 Å². The molecule has 1 rings (SSSR count). The summed E-state index contributed by atoms with van der Waals surface area (Å²) in [4.78, 5) is 0. The van der Waals surface area contributed by atoms with Crippen LogP contribution in [0.2, 0.25) is 0 Å². The lowest BCUT2D eigenvalue weighted by atomic mass is 9.96. The van der Waals surface area contributed by atoms with Gasteiger partial charge in [0.1, 0.15) is 0 Å². The maximum absolute atomic E-state index is 3.64. The summed E-state index contributed by atoms with van der Waals surface area (Å²) in [5, 5.41) is 3.64. The van der Waals surface area contributed by atoms with Crippen LogP contribution < -0.4 is 5.32 Å². The fraction of sp³-hybridized carbons (Fsp3) is 0.600. The molecule has 90 valence electrons. The van der Waals surface area contributed by atoms with Crippen LogP contribution in [0.4, 0.5) is 0 Å². The van der Waals surface area contributed by atoms with Crippen LogP contribution in [0.25, 0.3) is 0 Å². The van der Waals surface area contributed by atoms with Gasteiger partial charge in [-0.3, -0.25) is 0 Å². The quantitative estimate of drug-likeness (QED) is 0.738. The smallest absolute Gasteiger partial charge is 0.00932 e. The van der Waals surface area contributed by atoms with E-state index < -0.39 is 0 Å². The van der Waals surface area contributed by atoms with E-state index in [9.17, 15) is 0 Å². The number of benzene rings is 1. The Morgan fingerprint density at radius 3 is 2.38 bits per heavy atom. The number of aryl methyl sites for hydroxylation is 1. The molecular formula is C15H25N. The molecule has 0 heterocycles. The Bertz CT molecular complexity index is 266. The molecular weight excluding hydrogens is 194 g/mol.